The van der Waals surface area contributed by atoms with Crippen molar-refractivity contribution in [1.29, 1.82) is 0 Å². The maximum absolute atomic E-state index is 14.7. The van der Waals surface area contributed by atoms with E-state index in [1.807, 2.05) is 54.6 Å². The molecule has 0 atom stereocenters. The molecule has 1 N–H and O–H groups in total. The molecule has 0 fully saturated rings. The second kappa shape index (κ2) is 9.43. The van der Waals surface area contributed by atoms with Crippen LogP contribution in [0.25, 0.3) is 22.3 Å². The number of benzene rings is 3. The molecule has 0 amide bonds. The highest BCUT2D eigenvalue weighted by molar-refractivity contribution is 5.84. The van der Waals surface area contributed by atoms with Crippen LogP contribution in [-0.4, -0.2) is 11.7 Å². The highest BCUT2D eigenvalue weighted by Gasteiger charge is 2.16. The summed E-state index contributed by atoms with van der Waals surface area (Å²) >= 11 is 0. The van der Waals surface area contributed by atoms with Crippen molar-refractivity contribution in [1.82, 2.24) is 0 Å². The van der Waals surface area contributed by atoms with Gasteiger partial charge in [0.2, 0.25) is 0 Å². The number of hydrogen-bond donors (Lipinski definition) is 1. The van der Waals surface area contributed by atoms with Gasteiger partial charge in [-0.3, -0.25) is 0 Å². The Morgan fingerprint density at radius 1 is 0.667 bits per heavy atom. The van der Waals surface area contributed by atoms with Crippen molar-refractivity contribution in [3.63, 3.8) is 0 Å². The van der Waals surface area contributed by atoms with Crippen molar-refractivity contribution in [3.05, 3.63) is 83.9 Å². The van der Waals surface area contributed by atoms with Crippen LogP contribution in [0.15, 0.2) is 66.7 Å². The van der Waals surface area contributed by atoms with Crippen molar-refractivity contribution in [3.8, 4) is 22.3 Å². The van der Waals surface area contributed by atoms with Gasteiger partial charge in [0.1, 0.15) is 0 Å². The van der Waals surface area contributed by atoms with Crippen molar-refractivity contribution in [2.24, 2.45) is 0 Å². The first kappa shape index (κ1) is 19.2. The first-order valence-corrected chi connectivity index (χ1v) is 9.44. The van der Waals surface area contributed by atoms with Gasteiger partial charge in [-0.05, 0) is 47.6 Å². The maximum atomic E-state index is 14.7. The summed E-state index contributed by atoms with van der Waals surface area (Å²) in [5.74, 6) is -1.65. The quantitative estimate of drug-likeness (QED) is 0.458. The largest absolute Gasteiger partial charge is 0.396 e. The van der Waals surface area contributed by atoms with E-state index in [4.69, 9.17) is 5.11 Å². The molecule has 3 aromatic rings. The van der Waals surface area contributed by atoms with Gasteiger partial charge in [-0.2, -0.15) is 0 Å². The molecule has 0 aliphatic carbocycles. The lowest BCUT2D eigenvalue weighted by atomic mass is 9.93. The van der Waals surface area contributed by atoms with Crippen LogP contribution in [0.4, 0.5) is 8.78 Å². The van der Waals surface area contributed by atoms with E-state index in [-0.39, 0.29) is 6.61 Å². The average Bonchev–Trinajstić information content (AvgIpc) is 2.71. The number of halogens is 2. The second-order valence-electron chi connectivity index (χ2n) is 6.73. The Labute approximate surface area is 159 Å². The highest BCUT2D eigenvalue weighted by atomic mass is 19.2. The first-order valence-electron chi connectivity index (χ1n) is 9.44. The van der Waals surface area contributed by atoms with E-state index >= 15 is 0 Å². The molecule has 0 aliphatic heterocycles. The zero-order valence-corrected chi connectivity index (χ0v) is 15.3. The third kappa shape index (κ3) is 4.81. The van der Waals surface area contributed by atoms with Gasteiger partial charge in [-0.25, -0.2) is 8.78 Å². The van der Waals surface area contributed by atoms with Crippen molar-refractivity contribution in [2.75, 3.05) is 6.61 Å². The van der Waals surface area contributed by atoms with E-state index in [1.54, 1.807) is 6.07 Å². The second-order valence-corrected chi connectivity index (χ2v) is 6.73. The molecule has 0 unspecified atom stereocenters. The number of unbranched alkanes of at least 4 members (excludes halogenated alkanes) is 3. The molecule has 27 heavy (non-hydrogen) atoms. The van der Waals surface area contributed by atoms with Crippen LogP contribution in [0.5, 0.6) is 0 Å². The van der Waals surface area contributed by atoms with Gasteiger partial charge in [0.05, 0.1) is 0 Å². The molecule has 0 saturated heterocycles. The molecule has 0 aromatic heterocycles. The normalized spacial score (nSPS) is 10.9. The maximum Gasteiger partial charge on any atom is 0.167 e. The SMILES string of the molecule is OCCCCCCc1ccc(-c2c(-c3ccccc3)ccc(F)c2F)cc1. The van der Waals surface area contributed by atoms with Crippen LogP contribution >= 0.6 is 0 Å². The molecule has 140 valence electrons. The van der Waals surface area contributed by atoms with Crippen molar-refractivity contribution in [2.45, 2.75) is 32.1 Å². The molecule has 3 heteroatoms. The molecular formula is C24H24F2O. The molecule has 0 aliphatic rings. The lowest BCUT2D eigenvalue weighted by molar-refractivity contribution is 0.282. The summed E-state index contributed by atoms with van der Waals surface area (Å²) in [5.41, 5.74) is 3.71. The summed E-state index contributed by atoms with van der Waals surface area (Å²) in [6, 6.07) is 20.0. The molecule has 0 bridgehead atoms. The zero-order valence-electron chi connectivity index (χ0n) is 15.3. The van der Waals surface area contributed by atoms with E-state index in [2.05, 4.69) is 0 Å². The first-order chi connectivity index (χ1) is 13.2. The molecule has 0 saturated carbocycles. The summed E-state index contributed by atoms with van der Waals surface area (Å²) < 4.78 is 28.6. The van der Waals surface area contributed by atoms with E-state index in [9.17, 15) is 8.78 Å². The van der Waals surface area contributed by atoms with Gasteiger partial charge in [0, 0.05) is 12.2 Å². The fraction of sp³-hybridized carbons (Fsp3) is 0.250. The van der Waals surface area contributed by atoms with Crippen LogP contribution in [0.3, 0.4) is 0 Å². The standard InChI is InChI=1S/C24H24F2O/c25-22-16-15-21(19-9-5-3-6-10-19)23(24(22)26)20-13-11-18(12-14-20)8-4-1-2-7-17-27/h3,5-6,9-16,27H,1-2,4,7-8,17H2. The molecule has 0 radical (unpaired) electrons. The van der Waals surface area contributed by atoms with Crippen molar-refractivity contribution >= 4 is 0 Å². The van der Waals surface area contributed by atoms with Crippen LogP contribution in [0, 0.1) is 11.6 Å². The summed E-state index contributed by atoms with van der Waals surface area (Å²) in [6.07, 6.45) is 4.97. The summed E-state index contributed by atoms with van der Waals surface area (Å²) in [6.45, 7) is 0.248. The Kier molecular flexibility index (Phi) is 6.72. The minimum absolute atomic E-state index is 0.248. The third-order valence-corrected chi connectivity index (χ3v) is 4.80. The minimum atomic E-state index is -0.836. The zero-order chi connectivity index (χ0) is 19.1. The molecule has 3 aromatic carbocycles. The third-order valence-electron chi connectivity index (χ3n) is 4.80. The molecule has 3 rings (SSSR count). The van der Waals surface area contributed by atoms with Gasteiger partial charge in [-0.15, -0.1) is 0 Å². The molecule has 1 nitrogen and oxygen atoms in total. The Morgan fingerprint density at radius 3 is 2.07 bits per heavy atom. The lowest BCUT2D eigenvalue weighted by Gasteiger charge is -2.13. The Balaban J connectivity index is 1.85. The number of rotatable bonds is 8. The smallest absolute Gasteiger partial charge is 0.167 e. The van der Waals surface area contributed by atoms with Crippen molar-refractivity contribution < 1.29 is 13.9 Å². The topological polar surface area (TPSA) is 20.2 Å². The predicted molar refractivity (Wildman–Crippen MR) is 106 cm³/mol. The Bertz CT molecular complexity index is 858. The van der Waals surface area contributed by atoms with Crippen LogP contribution in [-0.2, 0) is 6.42 Å². The van der Waals surface area contributed by atoms with E-state index in [0.29, 0.717) is 16.7 Å². The molecular weight excluding hydrogens is 342 g/mol. The van der Waals surface area contributed by atoms with Crippen LogP contribution in [0.1, 0.15) is 31.2 Å². The van der Waals surface area contributed by atoms with Gasteiger partial charge in [-0.1, -0.05) is 73.5 Å². The van der Waals surface area contributed by atoms with Gasteiger partial charge >= 0.3 is 0 Å². The van der Waals surface area contributed by atoms with E-state index < -0.39 is 11.6 Å². The Morgan fingerprint density at radius 2 is 1.37 bits per heavy atom. The summed E-state index contributed by atoms with van der Waals surface area (Å²) in [5, 5.41) is 8.81. The molecule has 0 spiro atoms. The van der Waals surface area contributed by atoms with Gasteiger partial charge in [0.25, 0.3) is 0 Å². The number of aliphatic hydroxyl groups excluding tert-OH is 1. The van der Waals surface area contributed by atoms with E-state index in [1.165, 1.54) is 11.6 Å². The number of aryl methyl sites for hydroxylation is 1. The summed E-state index contributed by atoms with van der Waals surface area (Å²) in [7, 11) is 0. The van der Waals surface area contributed by atoms with Crippen LogP contribution in [0.2, 0.25) is 0 Å². The highest BCUT2D eigenvalue weighted by Crippen LogP contribution is 2.35. The average molecular weight is 366 g/mol. The fourth-order valence-electron chi connectivity index (χ4n) is 3.32. The number of hydrogen-bond acceptors (Lipinski definition) is 1. The fourth-order valence-corrected chi connectivity index (χ4v) is 3.32. The van der Waals surface area contributed by atoms with Gasteiger partial charge < -0.3 is 5.11 Å². The minimum Gasteiger partial charge on any atom is -0.396 e. The number of aliphatic hydroxyl groups is 1. The van der Waals surface area contributed by atoms with E-state index in [0.717, 1.165) is 37.7 Å². The van der Waals surface area contributed by atoms with Gasteiger partial charge in [0.15, 0.2) is 11.6 Å². The monoisotopic (exact) mass is 366 g/mol. The lowest BCUT2D eigenvalue weighted by Crippen LogP contribution is -1.95. The summed E-state index contributed by atoms with van der Waals surface area (Å²) in [4.78, 5) is 0. The molecule has 0 heterocycles. The van der Waals surface area contributed by atoms with Crippen LogP contribution < -0.4 is 0 Å². The Hall–Kier alpha value is -2.52. The predicted octanol–water partition coefficient (Wildman–Crippen LogP) is 6.39.